The molecule has 1 atom stereocenters. The molecule has 0 aliphatic carbocycles. The summed E-state index contributed by atoms with van der Waals surface area (Å²) >= 11 is 0. The van der Waals surface area contributed by atoms with Crippen molar-refractivity contribution in [3.8, 4) is 5.75 Å². The molecule has 0 saturated carbocycles. The summed E-state index contributed by atoms with van der Waals surface area (Å²) < 4.78 is 10.4. The first kappa shape index (κ1) is 15.0. The lowest BCUT2D eigenvalue weighted by Crippen LogP contribution is -2.31. The van der Waals surface area contributed by atoms with Gasteiger partial charge in [-0.25, -0.2) is 0 Å². The first-order chi connectivity index (χ1) is 8.58. The highest BCUT2D eigenvalue weighted by Gasteiger charge is 2.14. The lowest BCUT2D eigenvalue weighted by atomic mass is 10.0. The van der Waals surface area contributed by atoms with Gasteiger partial charge in [0.25, 0.3) is 0 Å². The molecule has 4 heteroatoms. The van der Waals surface area contributed by atoms with E-state index in [0.29, 0.717) is 6.61 Å². The Bertz CT molecular complexity index is 369. The Balaban J connectivity index is 2.70. The molecule has 0 radical (unpaired) electrons. The number of benzene rings is 1. The van der Waals surface area contributed by atoms with Gasteiger partial charge >= 0.3 is 0 Å². The Morgan fingerprint density at radius 2 is 2.06 bits per heavy atom. The first-order valence-electron chi connectivity index (χ1n) is 6.16. The van der Waals surface area contributed by atoms with Crippen molar-refractivity contribution in [1.29, 1.82) is 0 Å². The summed E-state index contributed by atoms with van der Waals surface area (Å²) in [6, 6.07) is 6.04. The monoisotopic (exact) mass is 252 g/mol. The van der Waals surface area contributed by atoms with Gasteiger partial charge in [0.15, 0.2) is 0 Å². The maximum absolute atomic E-state index is 6.25. The number of rotatable bonds is 7. The predicted octanol–water partition coefficient (Wildman–Crippen LogP) is 1.58. The Hall–Kier alpha value is -1.10. The molecule has 18 heavy (non-hydrogen) atoms. The molecule has 0 spiro atoms. The summed E-state index contributed by atoms with van der Waals surface area (Å²) in [5.74, 6) is 0.855. The lowest BCUT2D eigenvalue weighted by molar-refractivity contribution is 0.158. The molecule has 0 heterocycles. The zero-order valence-corrected chi connectivity index (χ0v) is 11.8. The highest BCUT2D eigenvalue weighted by Crippen LogP contribution is 2.25. The maximum Gasteiger partial charge on any atom is 0.123 e. The van der Waals surface area contributed by atoms with Crippen LogP contribution in [0.15, 0.2) is 18.2 Å². The second-order valence-electron chi connectivity index (χ2n) is 4.61. The van der Waals surface area contributed by atoms with E-state index in [9.17, 15) is 0 Å². The van der Waals surface area contributed by atoms with Crippen LogP contribution in [-0.2, 0) is 4.74 Å². The van der Waals surface area contributed by atoms with Gasteiger partial charge in [-0.15, -0.1) is 0 Å². The van der Waals surface area contributed by atoms with Crippen molar-refractivity contribution in [2.24, 2.45) is 5.73 Å². The van der Waals surface area contributed by atoms with Crippen LogP contribution in [0.2, 0.25) is 0 Å². The van der Waals surface area contributed by atoms with Crippen LogP contribution in [0.1, 0.15) is 17.2 Å². The second kappa shape index (κ2) is 7.36. The van der Waals surface area contributed by atoms with E-state index in [1.807, 2.05) is 19.2 Å². The molecule has 4 nitrogen and oxygen atoms in total. The number of methoxy groups -OCH3 is 2. The minimum Gasteiger partial charge on any atom is -0.496 e. The van der Waals surface area contributed by atoms with Crippen LogP contribution in [-0.4, -0.2) is 45.9 Å². The van der Waals surface area contributed by atoms with Crippen molar-refractivity contribution < 1.29 is 9.47 Å². The smallest absolute Gasteiger partial charge is 0.123 e. The zero-order valence-electron chi connectivity index (χ0n) is 11.8. The average Bonchev–Trinajstić information content (AvgIpc) is 2.36. The number of nitrogens with zero attached hydrogens (tertiary/aromatic N) is 1. The van der Waals surface area contributed by atoms with Crippen LogP contribution in [0, 0.1) is 6.92 Å². The lowest BCUT2D eigenvalue weighted by Gasteiger charge is -2.22. The van der Waals surface area contributed by atoms with E-state index in [1.54, 1.807) is 14.2 Å². The molecule has 0 aliphatic rings. The van der Waals surface area contributed by atoms with E-state index in [-0.39, 0.29) is 6.04 Å². The van der Waals surface area contributed by atoms with E-state index in [4.69, 9.17) is 15.2 Å². The van der Waals surface area contributed by atoms with Crippen molar-refractivity contribution in [1.82, 2.24) is 4.90 Å². The largest absolute Gasteiger partial charge is 0.496 e. The van der Waals surface area contributed by atoms with Gasteiger partial charge in [-0.2, -0.15) is 0 Å². The van der Waals surface area contributed by atoms with Gasteiger partial charge in [-0.1, -0.05) is 17.7 Å². The molecule has 0 bridgehead atoms. The van der Waals surface area contributed by atoms with Gasteiger partial charge in [-0.05, 0) is 20.0 Å². The summed E-state index contributed by atoms with van der Waals surface area (Å²) in [5, 5.41) is 0. The summed E-state index contributed by atoms with van der Waals surface area (Å²) in [7, 11) is 5.42. The minimum atomic E-state index is -0.0540. The van der Waals surface area contributed by atoms with E-state index < -0.39 is 0 Å². The highest BCUT2D eigenvalue weighted by atomic mass is 16.5. The average molecular weight is 252 g/mol. The normalized spacial score (nSPS) is 12.8. The number of hydrogen-bond donors (Lipinski definition) is 1. The fourth-order valence-corrected chi connectivity index (χ4v) is 1.92. The summed E-state index contributed by atoms with van der Waals surface area (Å²) in [6.45, 7) is 4.43. The third kappa shape index (κ3) is 4.29. The molecule has 0 amide bonds. The Morgan fingerprint density at radius 3 is 2.67 bits per heavy atom. The summed E-state index contributed by atoms with van der Waals surface area (Å²) in [5.41, 5.74) is 8.50. The van der Waals surface area contributed by atoms with E-state index in [1.165, 1.54) is 5.56 Å². The van der Waals surface area contributed by atoms with Crippen molar-refractivity contribution >= 4 is 0 Å². The van der Waals surface area contributed by atoms with Gasteiger partial charge in [0.2, 0.25) is 0 Å². The maximum atomic E-state index is 6.25. The molecule has 1 unspecified atom stereocenters. The van der Waals surface area contributed by atoms with Crippen molar-refractivity contribution in [2.45, 2.75) is 13.0 Å². The topological polar surface area (TPSA) is 47.7 Å². The Morgan fingerprint density at radius 1 is 1.33 bits per heavy atom. The third-order valence-electron chi connectivity index (χ3n) is 2.97. The molecule has 0 saturated heterocycles. The van der Waals surface area contributed by atoms with Crippen LogP contribution in [0.5, 0.6) is 5.75 Å². The molecule has 0 aliphatic heterocycles. The van der Waals surface area contributed by atoms with E-state index in [2.05, 4.69) is 17.9 Å². The Kier molecular flexibility index (Phi) is 6.12. The van der Waals surface area contributed by atoms with Crippen LogP contribution >= 0.6 is 0 Å². The Labute approximate surface area is 110 Å². The number of aryl methyl sites for hydroxylation is 1. The van der Waals surface area contributed by atoms with Crippen molar-refractivity contribution in [2.75, 3.05) is 41.0 Å². The summed E-state index contributed by atoms with van der Waals surface area (Å²) in [4.78, 5) is 2.16. The van der Waals surface area contributed by atoms with Crippen molar-refractivity contribution in [3.63, 3.8) is 0 Å². The first-order valence-corrected chi connectivity index (χ1v) is 6.16. The molecule has 1 aromatic rings. The molecule has 0 aromatic heterocycles. The van der Waals surface area contributed by atoms with Gasteiger partial charge in [0.1, 0.15) is 5.75 Å². The number of nitrogens with two attached hydrogens (primary N) is 1. The summed E-state index contributed by atoms with van der Waals surface area (Å²) in [6.07, 6.45) is 0. The number of hydrogen-bond acceptors (Lipinski definition) is 4. The van der Waals surface area contributed by atoms with E-state index in [0.717, 1.165) is 24.4 Å². The SMILES string of the molecule is COCCN(C)CC(N)c1cc(C)ccc1OC. The number of ether oxygens (including phenoxy) is 2. The van der Waals surface area contributed by atoms with Crippen LogP contribution in [0.3, 0.4) is 0 Å². The molecule has 0 fully saturated rings. The standard InChI is InChI=1S/C14H24N2O2/c1-11-5-6-14(18-4)12(9-11)13(15)10-16(2)7-8-17-3/h5-6,9,13H,7-8,10,15H2,1-4H3. The van der Waals surface area contributed by atoms with Crippen LogP contribution in [0.25, 0.3) is 0 Å². The molecule has 2 N–H and O–H groups in total. The minimum absolute atomic E-state index is 0.0540. The molecule has 1 aromatic carbocycles. The van der Waals surface area contributed by atoms with Gasteiger partial charge in [0, 0.05) is 31.8 Å². The van der Waals surface area contributed by atoms with Crippen LogP contribution in [0.4, 0.5) is 0 Å². The van der Waals surface area contributed by atoms with Crippen molar-refractivity contribution in [3.05, 3.63) is 29.3 Å². The van der Waals surface area contributed by atoms with Gasteiger partial charge in [-0.3, -0.25) is 0 Å². The van der Waals surface area contributed by atoms with Gasteiger partial charge < -0.3 is 20.1 Å². The molecule has 1 rings (SSSR count). The quantitative estimate of drug-likeness (QED) is 0.800. The predicted molar refractivity (Wildman–Crippen MR) is 74.0 cm³/mol. The highest BCUT2D eigenvalue weighted by molar-refractivity contribution is 5.39. The molecular weight excluding hydrogens is 228 g/mol. The fraction of sp³-hybridized carbons (Fsp3) is 0.571. The zero-order chi connectivity index (χ0) is 13.5. The second-order valence-corrected chi connectivity index (χ2v) is 4.61. The molecule has 102 valence electrons. The fourth-order valence-electron chi connectivity index (χ4n) is 1.92. The number of likely N-dealkylation sites (N-methyl/N-ethyl adjacent to an activating group) is 1. The van der Waals surface area contributed by atoms with Gasteiger partial charge in [0.05, 0.1) is 13.7 Å². The third-order valence-corrected chi connectivity index (χ3v) is 2.97. The van der Waals surface area contributed by atoms with Crippen LogP contribution < -0.4 is 10.5 Å². The molecular formula is C14H24N2O2. The van der Waals surface area contributed by atoms with E-state index >= 15 is 0 Å².